The summed E-state index contributed by atoms with van der Waals surface area (Å²) in [6.07, 6.45) is 1.46. The van der Waals surface area contributed by atoms with E-state index in [-0.39, 0.29) is 4.90 Å². The zero-order valence-corrected chi connectivity index (χ0v) is 15.2. The van der Waals surface area contributed by atoms with Crippen molar-refractivity contribution in [3.05, 3.63) is 24.0 Å². The van der Waals surface area contributed by atoms with Crippen LogP contribution in [0.5, 0.6) is 0 Å². The molecule has 0 bridgehead atoms. The lowest BCUT2D eigenvalue weighted by atomic mass is 10.2. The van der Waals surface area contributed by atoms with Gasteiger partial charge in [0.15, 0.2) is 11.0 Å². The second-order valence-corrected chi connectivity index (χ2v) is 7.70. The van der Waals surface area contributed by atoms with E-state index in [1.165, 1.54) is 10.9 Å². The predicted octanol–water partition coefficient (Wildman–Crippen LogP) is 0.902. The zero-order valence-electron chi connectivity index (χ0n) is 14.3. The largest absolute Gasteiger partial charge is 0.378 e. The molecule has 11 heteroatoms. The number of aryl methyl sites for hydroxylation is 2. The predicted molar refractivity (Wildman–Crippen MR) is 93.6 cm³/mol. The molecular weight excluding hydrogens is 360 g/mol. The monoisotopic (exact) mass is 378 g/mol. The second kappa shape index (κ2) is 6.25. The molecule has 2 aromatic heterocycles. The van der Waals surface area contributed by atoms with E-state index in [0.717, 1.165) is 18.8 Å². The van der Waals surface area contributed by atoms with Gasteiger partial charge in [0, 0.05) is 26.3 Å². The van der Waals surface area contributed by atoms with Crippen molar-refractivity contribution in [3.8, 4) is 0 Å². The van der Waals surface area contributed by atoms with Gasteiger partial charge in [0.1, 0.15) is 4.90 Å². The number of sulfonamides is 1. The minimum Gasteiger partial charge on any atom is -0.378 e. The van der Waals surface area contributed by atoms with Gasteiger partial charge in [-0.15, -0.1) is 0 Å². The molecule has 0 amide bonds. The van der Waals surface area contributed by atoms with E-state index in [0.29, 0.717) is 35.6 Å². The van der Waals surface area contributed by atoms with Crippen LogP contribution in [0.1, 0.15) is 5.69 Å². The van der Waals surface area contributed by atoms with Crippen LogP contribution < -0.4 is 9.62 Å². The molecule has 138 valence electrons. The van der Waals surface area contributed by atoms with Gasteiger partial charge in [-0.25, -0.2) is 13.0 Å². The van der Waals surface area contributed by atoms with E-state index in [4.69, 9.17) is 9.37 Å². The van der Waals surface area contributed by atoms with Crippen LogP contribution in [0.2, 0.25) is 0 Å². The summed E-state index contributed by atoms with van der Waals surface area (Å²) < 4.78 is 39.7. The van der Waals surface area contributed by atoms with Gasteiger partial charge in [-0.1, -0.05) is 0 Å². The standard InChI is InChI=1S/C15H18N6O4S/c1-10-13(9-20(2)16-10)26(22,23)19-11-3-4-12(15-14(11)17-25-18-15)21-5-7-24-8-6-21/h3-4,9,19H,5-8H2,1-2H3. The molecule has 4 rings (SSSR count). The van der Waals surface area contributed by atoms with Crippen LogP contribution in [-0.2, 0) is 21.8 Å². The molecule has 26 heavy (non-hydrogen) atoms. The van der Waals surface area contributed by atoms with Crippen LogP contribution in [0.25, 0.3) is 11.0 Å². The normalized spacial score (nSPS) is 15.5. The first kappa shape index (κ1) is 16.8. The molecule has 0 spiro atoms. The molecule has 10 nitrogen and oxygen atoms in total. The lowest BCUT2D eigenvalue weighted by molar-refractivity contribution is 0.123. The topological polar surface area (TPSA) is 115 Å². The van der Waals surface area contributed by atoms with Gasteiger partial charge in [0.05, 0.1) is 30.3 Å². The van der Waals surface area contributed by atoms with Gasteiger partial charge in [-0.05, 0) is 29.4 Å². The number of ether oxygens (including phenoxy) is 1. The van der Waals surface area contributed by atoms with Crippen molar-refractivity contribution in [1.82, 2.24) is 20.1 Å². The molecule has 1 saturated heterocycles. The summed E-state index contributed by atoms with van der Waals surface area (Å²) in [5.74, 6) is 0. The molecule has 0 saturated carbocycles. The third-order valence-electron chi connectivity index (χ3n) is 4.25. The van der Waals surface area contributed by atoms with E-state index in [9.17, 15) is 8.42 Å². The Balaban J connectivity index is 1.72. The molecule has 1 aliphatic rings. The minimum absolute atomic E-state index is 0.113. The maximum atomic E-state index is 12.7. The van der Waals surface area contributed by atoms with E-state index in [1.54, 1.807) is 20.0 Å². The number of nitrogens with zero attached hydrogens (tertiary/aromatic N) is 5. The van der Waals surface area contributed by atoms with Crippen LogP contribution >= 0.6 is 0 Å². The quantitative estimate of drug-likeness (QED) is 0.712. The summed E-state index contributed by atoms with van der Waals surface area (Å²) in [6, 6.07) is 3.48. The van der Waals surface area contributed by atoms with Gasteiger partial charge in [-0.2, -0.15) is 5.10 Å². The maximum Gasteiger partial charge on any atom is 0.265 e. The molecule has 1 aromatic carbocycles. The van der Waals surface area contributed by atoms with Gasteiger partial charge in [-0.3, -0.25) is 9.40 Å². The molecule has 0 unspecified atom stereocenters. The van der Waals surface area contributed by atoms with E-state index in [2.05, 4.69) is 25.0 Å². The first-order valence-electron chi connectivity index (χ1n) is 8.07. The van der Waals surface area contributed by atoms with E-state index in [1.807, 2.05) is 6.07 Å². The first-order valence-corrected chi connectivity index (χ1v) is 9.55. The number of hydrogen-bond donors (Lipinski definition) is 1. The van der Waals surface area contributed by atoms with Crippen molar-refractivity contribution in [2.24, 2.45) is 7.05 Å². The lowest BCUT2D eigenvalue weighted by Gasteiger charge is -2.28. The Morgan fingerprint density at radius 2 is 1.88 bits per heavy atom. The van der Waals surface area contributed by atoms with Crippen molar-refractivity contribution in [3.63, 3.8) is 0 Å². The van der Waals surface area contributed by atoms with Crippen molar-refractivity contribution in [1.29, 1.82) is 0 Å². The Morgan fingerprint density at radius 3 is 2.58 bits per heavy atom. The van der Waals surface area contributed by atoms with Gasteiger partial charge in [0.25, 0.3) is 10.0 Å². The number of rotatable bonds is 4. The Hall–Kier alpha value is -2.66. The fourth-order valence-electron chi connectivity index (χ4n) is 3.04. The van der Waals surface area contributed by atoms with Crippen LogP contribution in [0.4, 0.5) is 11.4 Å². The highest BCUT2D eigenvalue weighted by Crippen LogP contribution is 2.31. The average molecular weight is 378 g/mol. The van der Waals surface area contributed by atoms with Crippen LogP contribution in [-0.4, -0.2) is 54.8 Å². The first-order chi connectivity index (χ1) is 12.5. The smallest absolute Gasteiger partial charge is 0.265 e. The number of fused-ring (bicyclic) bond motifs is 1. The third kappa shape index (κ3) is 2.88. The fourth-order valence-corrected chi connectivity index (χ4v) is 4.32. The highest BCUT2D eigenvalue weighted by Gasteiger charge is 2.24. The number of anilines is 2. The zero-order chi connectivity index (χ0) is 18.3. The molecule has 3 heterocycles. The van der Waals surface area contributed by atoms with Crippen LogP contribution in [0, 0.1) is 6.92 Å². The Morgan fingerprint density at radius 1 is 1.15 bits per heavy atom. The molecule has 1 fully saturated rings. The van der Waals surface area contributed by atoms with Crippen LogP contribution in [0.3, 0.4) is 0 Å². The summed E-state index contributed by atoms with van der Waals surface area (Å²) in [6.45, 7) is 4.34. The summed E-state index contributed by atoms with van der Waals surface area (Å²) in [4.78, 5) is 2.22. The number of aromatic nitrogens is 4. The van der Waals surface area contributed by atoms with Crippen molar-refractivity contribution < 1.29 is 17.8 Å². The van der Waals surface area contributed by atoms with Gasteiger partial charge < -0.3 is 9.64 Å². The molecular formula is C15H18N6O4S. The molecule has 1 aliphatic heterocycles. The summed E-state index contributed by atoms with van der Waals surface area (Å²) in [5.41, 5.74) is 2.43. The van der Waals surface area contributed by atoms with Crippen molar-refractivity contribution in [2.75, 3.05) is 35.9 Å². The van der Waals surface area contributed by atoms with Gasteiger partial charge in [0.2, 0.25) is 0 Å². The highest BCUT2D eigenvalue weighted by atomic mass is 32.2. The van der Waals surface area contributed by atoms with Crippen molar-refractivity contribution >= 4 is 32.4 Å². The Kier molecular flexibility index (Phi) is 4.04. The molecule has 0 atom stereocenters. The number of morpholine rings is 1. The summed E-state index contributed by atoms with van der Waals surface area (Å²) in [7, 11) is -2.14. The fraction of sp³-hybridized carbons (Fsp3) is 0.400. The maximum absolute atomic E-state index is 12.7. The summed E-state index contributed by atoms with van der Waals surface area (Å²) in [5, 5.41) is 11.9. The Bertz CT molecular complexity index is 1050. The number of benzene rings is 1. The number of hydrogen-bond acceptors (Lipinski definition) is 8. The second-order valence-electron chi connectivity index (χ2n) is 6.05. The Labute approximate surface area is 149 Å². The molecule has 1 N–H and O–H groups in total. The highest BCUT2D eigenvalue weighted by molar-refractivity contribution is 7.92. The van der Waals surface area contributed by atoms with Gasteiger partial charge >= 0.3 is 0 Å². The van der Waals surface area contributed by atoms with Crippen LogP contribution in [0.15, 0.2) is 27.9 Å². The van der Waals surface area contributed by atoms with Crippen molar-refractivity contribution in [2.45, 2.75) is 11.8 Å². The third-order valence-corrected chi connectivity index (χ3v) is 5.72. The van der Waals surface area contributed by atoms with E-state index >= 15 is 0 Å². The minimum atomic E-state index is -3.81. The molecule has 0 radical (unpaired) electrons. The number of nitrogens with one attached hydrogen (secondary N) is 1. The molecule has 3 aromatic rings. The van der Waals surface area contributed by atoms with E-state index < -0.39 is 10.0 Å². The lowest BCUT2D eigenvalue weighted by Crippen LogP contribution is -2.36. The average Bonchev–Trinajstić information content (AvgIpc) is 3.23. The molecule has 0 aliphatic carbocycles. The SMILES string of the molecule is Cc1nn(C)cc1S(=O)(=O)Nc1ccc(N2CCOCC2)c2nonc12. The summed E-state index contributed by atoms with van der Waals surface area (Å²) >= 11 is 0.